The average molecular weight is 378 g/mol. The molecular weight excluding hydrogens is 365 g/mol. The first kappa shape index (κ1) is 17.3. The van der Waals surface area contributed by atoms with E-state index in [1.54, 1.807) is 26.2 Å². The van der Waals surface area contributed by atoms with Gasteiger partial charge in [-0.3, -0.25) is 10.1 Å². The molecule has 3 rings (SSSR count). The predicted octanol–water partition coefficient (Wildman–Crippen LogP) is 4.57. The van der Waals surface area contributed by atoms with Crippen molar-refractivity contribution in [3.63, 3.8) is 0 Å². The van der Waals surface area contributed by atoms with E-state index in [2.05, 4.69) is 14.7 Å². The number of ether oxygens (including phenoxy) is 1. The van der Waals surface area contributed by atoms with Crippen LogP contribution in [0.1, 0.15) is 15.9 Å². The normalized spacial score (nSPS) is 10.6. The van der Waals surface area contributed by atoms with Crippen LogP contribution in [0.15, 0.2) is 36.4 Å². The van der Waals surface area contributed by atoms with E-state index in [0.717, 1.165) is 28.9 Å². The van der Waals surface area contributed by atoms with Crippen molar-refractivity contribution in [1.29, 1.82) is 0 Å². The van der Waals surface area contributed by atoms with E-state index in [1.807, 2.05) is 12.1 Å². The number of carbonyl (C=O) groups is 1. The Kier molecular flexibility index (Phi) is 4.96. The molecule has 0 saturated heterocycles. The van der Waals surface area contributed by atoms with Gasteiger partial charge in [-0.2, -0.15) is 9.36 Å². The maximum Gasteiger partial charge on any atom is 0.259 e. The Hall–Kier alpha value is -2.51. The lowest BCUT2D eigenvalue weighted by Crippen LogP contribution is -2.13. The van der Waals surface area contributed by atoms with Crippen LogP contribution in [0.5, 0.6) is 5.75 Å². The van der Waals surface area contributed by atoms with Crippen LogP contribution in [-0.2, 0) is 0 Å². The van der Waals surface area contributed by atoms with Crippen LogP contribution in [0.25, 0.3) is 11.4 Å². The van der Waals surface area contributed by atoms with Crippen LogP contribution >= 0.6 is 23.1 Å². The zero-order chi connectivity index (χ0) is 18.0. The molecule has 1 aromatic heterocycles. The minimum Gasteiger partial charge on any atom is -0.497 e. The van der Waals surface area contributed by atoms with Crippen LogP contribution in [0.3, 0.4) is 0 Å². The second-order valence-corrected chi connectivity index (χ2v) is 6.35. The van der Waals surface area contributed by atoms with Gasteiger partial charge in [0, 0.05) is 17.1 Å². The summed E-state index contributed by atoms with van der Waals surface area (Å²) < 4.78 is 22.8. The number of methoxy groups -OCH3 is 1. The van der Waals surface area contributed by atoms with Crippen molar-refractivity contribution in [2.75, 3.05) is 12.4 Å². The summed E-state index contributed by atoms with van der Waals surface area (Å²) in [4.78, 5) is 16.6. The number of amides is 1. The van der Waals surface area contributed by atoms with Gasteiger partial charge in [0.25, 0.3) is 5.91 Å². The van der Waals surface area contributed by atoms with Gasteiger partial charge >= 0.3 is 0 Å². The fourth-order valence-electron chi connectivity index (χ4n) is 2.13. The Morgan fingerprint density at radius 2 is 2.00 bits per heavy atom. The molecule has 1 N–H and O–H groups in total. The molecule has 0 aliphatic carbocycles. The first-order chi connectivity index (χ1) is 12.0. The third-order valence-electron chi connectivity index (χ3n) is 3.49. The van der Waals surface area contributed by atoms with E-state index in [0.29, 0.717) is 16.5 Å². The van der Waals surface area contributed by atoms with E-state index in [-0.39, 0.29) is 10.6 Å². The molecule has 128 valence electrons. The molecule has 0 radical (unpaired) electrons. The van der Waals surface area contributed by atoms with Crippen molar-refractivity contribution in [2.24, 2.45) is 0 Å². The summed E-state index contributed by atoms with van der Waals surface area (Å²) in [7, 11) is 1.59. The van der Waals surface area contributed by atoms with E-state index in [4.69, 9.17) is 16.3 Å². The van der Waals surface area contributed by atoms with Crippen molar-refractivity contribution >= 4 is 34.2 Å². The summed E-state index contributed by atoms with van der Waals surface area (Å²) in [6.45, 7) is 1.56. The number of anilines is 1. The first-order valence-electron chi connectivity index (χ1n) is 7.23. The Bertz CT molecular complexity index is 928. The Morgan fingerprint density at radius 1 is 1.28 bits per heavy atom. The number of hydrogen-bond acceptors (Lipinski definition) is 5. The summed E-state index contributed by atoms with van der Waals surface area (Å²) in [5.74, 6) is 0.294. The number of benzene rings is 2. The lowest BCUT2D eigenvalue weighted by atomic mass is 10.1. The monoisotopic (exact) mass is 377 g/mol. The van der Waals surface area contributed by atoms with Gasteiger partial charge in [-0.15, -0.1) is 0 Å². The third kappa shape index (κ3) is 3.78. The molecule has 0 aliphatic heterocycles. The number of nitrogens with one attached hydrogen (secondary N) is 1. The number of aryl methyl sites for hydroxylation is 1. The summed E-state index contributed by atoms with van der Waals surface area (Å²) in [5.41, 5.74) is 1.32. The minimum absolute atomic E-state index is 0.0421. The van der Waals surface area contributed by atoms with Gasteiger partial charge in [-0.05, 0) is 48.9 Å². The second-order valence-electron chi connectivity index (χ2n) is 5.19. The summed E-state index contributed by atoms with van der Waals surface area (Å²) >= 11 is 7.00. The molecule has 0 atom stereocenters. The number of hydrogen-bond donors (Lipinski definition) is 1. The van der Waals surface area contributed by atoms with Gasteiger partial charge < -0.3 is 4.74 Å². The quantitative estimate of drug-likeness (QED) is 0.723. The molecule has 1 amide bonds. The second kappa shape index (κ2) is 7.16. The molecule has 5 nitrogen and oxygen atoms in total. The Morgan fingerprint density at radius 3 is 2.68 bits per heavy atom. The number of aromatic nitrogens is 2. The molecule has 0 spiro atoms. The summed E-state index contributed by atoms with van der Waals surface area (Å²) in [6, 6.07) is 9.78. The number of carbonyl (C=O) groups excluding carboxylic acids is 1. The van der Waals surface area contributed by atoms with Crippen molar-refractivity contribution in [3.8, 4) is 17.1 Å². The first-order valence-corrected chi connectivity index (χ1v) is 8.38. The molecule has 0 fully saturated rings. The number of nitrogens with zero attached hydrogens (tertiary/aromatic N) is 2. The Labute approximate surface area is 152 Å². The fourth-order valence-corrected chi connectivity index (χ4v) is 2.95. The molecule has 1 heterocycles. The van der Waals surface area contributed by atoms with E-state index < -0.39 is 11.7 Å². The van der Waals surface area contributed by atoms with E-state index in [1.165, 1.54) is 6.07 Å². The Balaban J connectivity index is 1.79. The van der Waals surface area contributed by atoms with Gasteiger partial charge in [0.15, 0.2) is 5.82 Å². The maximum absolute atomic E-state index is 13.4. The van der Waals surface area contributed by atoms with Crippen molar-refractivity contribution in [1.82, 2.24) is 9.36 Å². The van der Waals surface area contributed by atoms with Crippen molar-refractivity contribution < 1.29 is 13.9 Å². The van der Waals surface area contributed by atoms with Crippen molar-refractivity contribution in [2.45, 2.75) is 6.92 Å². The standard InChI is InChI=1S/C17H13ClFN3O2S/c1-9-7-12(13(18)8-14(9)19)16(23)21-17-20-15(22-25-17)10-3-5-11(24-2)6-4-10/h3-8H,1-2H3,(H,20,21,22,23). The average Bonchev–Trinajstić information content (AvgIpc) is 3.06. The highest BCUT2D eigenvalue weighted by molar-refractivity contribution is 7.10. The smallest absolute Gasteiger partial charge is 0.259 e. The van der Waals surface area contributed by atoms with Gasteiger partial charge in [0.05, 0.1) is 17.7 Å². The SMILES string of the molecule is COc1ccc(-c2nsc(NC(=O)c3cc(C)c(F)cc3Cl)n2)cc1. The van der Waals surface area contributed by atoms with E-state index in [9.17, 15) is 9.18 Å². The van der Waals surface area contributed by atoms with E-state index >= 15 is 0 Å². The van der Waals surface area contributed by atoms with Gasteiger partial charge in [0.1, 0.15) is 11.6 Å². The maximum atomic E-state index is 13.4. The van der Waals surface area contributed by atoms with Crippen LogP contribution in [0, 0.1) is 12.7 Å². The highest BCUT2D eigenvalue weighted by Gasteiger charge is 2.16. The molecule has 0 bridgehead atoms. The number of rotatable bonds is 4. The lowest BCUT2D eigenvalue weighted by molar-refractivity contribution is 0.102. The topological polar surface area (TPSA) is 64.1 Å². The van der Waals surface area contributed by atoms with Crippen molar-refractivity contribution in [3.05, 3.63) is 58.4 Å². The summed E-state index contributed by atoms with van der Waals surface area (Å²) in [5, 5.41) is 3.00. The zero-order valence-electron chi connectivity index (χ0n) is 13.3. The lowest BCUT2D eigenvalue weighted by Gasteiger charge is -2.06. The van der Waals surface area contributed by atoms with Crippen LogP contribution in [0.4, 0.5) is 9.52 Å². The van der Waals surface area contributed by atoms with Gasteiger partial charge in [-0.1, -0.05) is 11.6 Å². The molecule has 2 aromatic carbocycles. The van der Waals surface area contributed by atoms with Crippen LogP contribution in [0.2, 0.25) is 5.02 Å². The number of halogens is 2. The van der Waals surface area contributed by atoms with Gasteiger partial charge in [-0.25, -0.2) is 4.39 Å². The molecule has 25 heavy (non-hydrogen) atoms. The summed E-state index contributed by atoms with van der Waals surface area (Å²) in [6.07, 6.45) is 0. The van der Waals surface area contributed by atoms with Gasteiger partial charge in [0.2, 0.25) is 5.13 Å². The zero-order valence-corrected chi connectivity index (χ0v) is 14.9. The van der Waals surface area contributed by atoms with Crippen LogP contribution in [-0.4, -0.2) is 22.4 Å². The van der Waals surface area contributed by atoms with Crippen LogP contribution < -0.4 is 10.1 Å². The molecule has 8 heteroatoms. The molecule has 0 saturated carbocycles. The predicted molar refractivity (Wildman–Crippen MR) is 96.0 cm³/mol. The molecule has 0 aliphatic rings. The minimum atomic E-state index is -0.467. The highest BCUT2D eigenvalue weighted by atomic mass is 35.5. The molecule has 0 unspecified atom stereocenters. The third-order valence-corrected chi connectivity index (χ3v) is 4.43. The highest BCUT2D eigenvalue weighted by Crippen LogP contribution is 2.25. The molecule has 3 aromatic rings. The largest absolute Gasteiger partial charge is 0.497 e. The molecular formula is C17H13ClFN3O2S. The fraction of sp³-hybridized carbons (Fsp3) is 0.118.